The zero-order valence-electron chi connectivity index (χ0n) is 7.26. The SMILES string of the molecule is COc1cc(F)ccc1[C@@H](N)CF. The number of nitrogens with two attached hydrogens (primary N) is 1. The summed E-state index contributed by atoms with van der Waals surface area (Å²) in [4.78, 5) is 0. The average molecular weight is 187 g/mol. The van der Waals surface area contributed by atoms with Gasteiger partial charge in [-0.1, -0.05) is 6.07 Å². The van der Waals surface area contributed by atoms with Crippen molar-refractivity contribution in [3.05, 3.63) is 29.6 Å². The Kier molecular flexibility index (Phi) is 3.19. The first kappa shape index (κ1) is 9.92. The largest absolute Gasteiger partial charge is 0.496 e. The minimum absolute atomic E-state index is 0.283. The molecule has 1 aromatic carbocycles. The standard InChI is InChI=1S/C9H11F2NO/c1-13-9-4-6(11)2-3-7(9)8(12)5-10/h2-4,8H,5,12H2,1H3/t8-/m0/s1. The lowest BCUT2D eigenvalue weighted by molar-refractivity contribution is 0.386. The monoisotopic (exact) mass is 187 g/mol. The van der Waals surface area contributed by atoms with Crippen LogP contribution in [0, 0.1) is 5.82 Å². The van der Waals surface area contributed by atoms with E-state index in [0.29, 0.717) is 5.56 Å². The summed E-state index contributed by atoms with van der Waals surface area (Å²) >= 11 is 0. The summed E-state index contributed by atoms with van der Waals surface area (Å²) in [6.45, 7) is -0.692. The normalized spacial score (nSPS) is 12.6. The molecule has 4 heteroatoms. The fourth-order valence-electron chi connectivity index (χ4n) is 1.07. The van der Waals surface area contributed by atoms with Crippen LogP contribution in [0.3, 0.4) is 0 Å². The van der Waals surface area contributed by atoms with E-state index in [0.717, 1.165) is 0 Å². The molecule has 0 radical (unpaired) electrons. The first-order valence-electron chi connectivity index (χ1n) is 3.84. The smallest absolute Gasteiger partial charge is 0.126 e. The van der Waals surface area contributed by atoms with Gasteiger partial charge in [-0.3, -0.25) is 0 Å². The maximum Gasteiger partial charge on any atom is 0.126 e. The van der Waals surface area contributed by atoms with Crippen LogP contribution in [0.5, 0.6) is 5.75 Å². The van der Waals surface area contributed by atoms with E-state index in [1.165, 1.54) is 25.3 Å². The summed E-state index contributed by atoms with van der Waals surface area (Å²) in [5.74, 6) is -0.142. The molecule has 0 spiro atoms. The summed E-state index contributed by atoms with van der Waals surface area (Å²) in [6, 6.07) is 3.09. The summed E-state index contributed by atoms with van der Waals surface area (Å²) in [5.41, 5.74) is 5.92. The van der Waals surface area contributed by atoms with Crippen LogP contribution in [0.4, 0.5) is 8.78 Å². The maximum atomic E-state index is 12.7. The predicted octanol–water partition coefficient (Wildman–Crippen LogP) is 1.80. The minimum Gasteiger partial charge on any atom is -0.496 e. The molecule has 0 aliphatic carbocycles. The third kappa shape index (κ3) is 2.15. The van der Waals surface area contributed by atoms with E-state index in [4.69, 9.17) is 10.5 Å². The second-order valence-electron chi connectivity index (χ2n) is 2.65. The number of hydrogen-bond donors (Lipinski definition) is 1. The summed E-state index contributed by atoms with van der Waals surface area (Å²) in [7, 11) is 1.39. The molecule has 0 aliphatic rings. The van der Waals surface area contributed by atoms with Crippen molar-refractivity contribution in [2.24, 2.45) is 5.73 Å². The highest BCUT2D eigenvalue weighted by Crippen LogP contribution is 2.24. The molecular weight excluding hydrogens is 176 g/mol. The van der Waals surface area contributed by atoms with Crippen molar-refractivity contribution in [3.8, 4) is 5.75 Å². The molecule has 0 saturated heterocycles. The third-order valence-corrected chi connectivity index (χ3v) is 1.76. The van der Waals surface area contributed by atoms with Crippen molar-refractivity contribution < 1.29 is 13.5 Å². The Hall–Kier alpha value is -1.16. The zero-order chi connectivity index (χ0) is 9.84. The van der Waals surface area contributed by atoms with Gasteiger partial charge in [0, 0.05) is 11.6 Å². The highest BCUT2D eigenvalue weighted by atomic mass is 19.1. The van der Waals surface area contributed by atoms with Gasteiger partial charge < -0.3 is 10.5 Å². The molecule has 2 N–H and O–H groups in total. The molecule has 1 rings (SSSR count). The third-order valence-electron chi connectivity index (χ3n) is 1.76. The van der Waals surface area contributed by atoms with Crippen LogP contribution < -0.4 is 10.5 Å². The second-order valence-corrected chi connectivity index (χ2v) is 2.65. The van der Waals surface area contributed by atoms with Crippen LogP contribution in [0.25, 0.3) is 0 Å². The lowest BCUT2D eigenvalue weighted by Crippen LogP contribution is -2.13. The van der Waals surface area contributed by atoms with E-state index in [1.54, 1.807) is 0 Å². The van der Waals surface area contributed by atoms with Crippen LogP contribution in [-0.2, 0) is 0 Å². The van der Waals surface area contributed by atoms with E-state index < -0.39 is 18.5 Å². The molecule has 0 unspecified atom stereocenters. The van der Waals surface area contributed by atoms with Crippen LogP contribution >= 0.6 is 0 Å². The van der Waals surface area contributed by atoms with Gasteiger partial charge in [0.05, 0.1) is 13.2 Å². The molecule has 0 aromatic heterocycles. The van der Waals surface area contributed by atoms with Crippen LogP contribution in [0.15, 0.2) is 18.2 Å². The molecule has 0 amide bonds. The van der Waals surface area contributed by atoms with Gasteiger partial charge >= 0.3 is 0 Å². The lowest BCUT2D eigenvalue weighted by Gasteiger charge is -2.12. The number of methoxy groups -OCH3 is 1. The van der Waals surface area contributed by atoms with Crippen molar-refractivity contribution in [2.75, 3.05) is 13.8 Å². The van der Waals surface area contributed by atoms with Crippen LogP contribution in [0.2, 0.25) is 0 Å². The van der Waals surface area contributed by atoms with Gasteiger partial charge in [-0.05, 0) is 6.07 Å². The summed E-state index contributed by atoms with van der Waals surface area (Å²) < 4.78 is 29.8. The Balaban J connectivity index is 3.05. The van der Waals surface area contributed by atoms with E-state index in [1.807, 2.05) is 0 Å². The number of alkyl halides is 1. The Morgan fingerprint density at radius 1 is 1.54 bits per heavy atom. The minimum atomic E-state index is -0.754. The summed E-state index contributed by atoms with van der Waals surface area (Å²) in [6.07, 6.45) is 0. The Bertz CT molecular complexity index is 291. The van der Waals surface area contributed by atoms with E-state index in [-0.39, 0.29) is 5.75 Å². The molecule has 13 heavy (non-hydrogen) atoms. The summed E-state index contributed by atoms with van der Waals surface area (Å²) in [5, 5.41) is 0. The maximum absolute atomic E-state index is 12.7. The Morgan fingerprint density at radius 3 is 2.77 bits per heavy atom. The second kappa shape index (κ2) is 4.18. The van der Waals surface area contributed by atoms with E-state index >= 15 is 0 Å². The Morgan fingerprint density at radius 2 is 2.23 bits per heavy atom. The number of ether oxygens (including phenoxy) is 1. The molecule has 0 bridgehead atoms. The quantitative estimate of drug-likeness (QED) is 0.783. The Labute approximate surface area is 75.3 Å². The molecule has 0 aliphatic heterocycles. The zero-order valence-corrected chi connectivity index (χ0v) is 7.26. The van der Waals surface area contributed by atoms with Gasteiger partial charge in [0.1, 0.15) is 18.2 Å². The molecule has 0 heterocycles. The van der Waals surface area contributed by atoms with Gasteiger partial charge in [0.2, 0.25) is 0 Å². The fourth-order valence-corrected chi connectivity index (χ4v) is 1.07. The van der Waals surface area contributed by atoms with Gasteiger partial charge in [-0.2, -0.15) is 0 Å². The molecule has 1 aromatic rings. The van der Waals surface area contributed by atoms with Crippen molar-refractivity contribution in [1.82, 2.24) is 0 Å². The van der Waals surface area contributed by atoms with E-state index in [2.05, 4.69) is 0 Å². The van der Waals surface area contributed by atoms with Gasteiger partial charge in [-0.15, -0.1) is 0 Å². The number of hydrogen-bond acceptors (Lipinski definition) is 2. The van der Waals surface area contributed by atoms with Gasteiger partial charge in [0.25, 0.3) is 0 Å². The van der Waals surface area contributed by atoms with Crippen molar-refractivity contribution >= 4 is 0 Å². The van der Waals surface area contributed by atoms with Crippen LogP contribution in [-0.4, -0.2) is 13.8 Å². The average Bonchev–Trinajstić information content (AvgIpc) is 2.16. The van der Waals surface area contributed by atoms with Gasteiger partial charge in [-0.25, -0.2) is 8.78 Å². The molecule has 2 nitrogen and oxygen atoms in total. The molecule has 0 fully saturated rings. The lowest BCUT2D eigenvalue weighted by atomic mass is 10.1. The first-order chi connectivity index (χ1) is 6.19. The molecule has 0 saturated carbocycles. The number of benzene rings is 1. The van der Waals surface area contributed by atoms with Crippen molar-refractivity contribution in [1.29, 1.82) is 0 Å². The van der Waals surface area contributed by atoms with E-state index in [9.17, 15) is 8.78 Å². The first-order valence-corrected chi connectivity index (χ1v) is 3.84. The van der Waals surface area contributed by atoms with Crippen LogP contribution in [0.1, 0.15) is 11.6 Å². The fraction of sp³-hybridized carbons (Fsp3) is 0.333. The highest BCUT2D eigenvalue weighted by Gasteiger charge is 2.11. The van der Waals surface area contributed by atoms with Crippen molar-refractivity contribution in [2.45, 2.75) is 6.04 Å². The van der Waals surface area contributed by atoms with Gasteiger partial charge in [0.15, 0.2) is 0 Å². The van der Waals surface area contributed by atoms with Crippen molar-refractivity contribution in [3.63, 3.8) is 0 Å². The topological polar surface area (TPSA) is 35.2 Å². The molecular formula is C9H11F2NO. The molecule has 1 atom stereocenters. The highest BCUT2D eigenvalue weighted by molar-refractivity contribution is 5.36. The number of rotatable bonds is 3. The molecule has 72 valence electrons. The number of halogens is 2. The predicted molar refractivity (Wildman–Crippen MR) is 45.9 cm³/mol.